The van der Waals surface area contributed by atoms with Gasteiger partial charge in [0.15, 0.2) is 5.82 Å². The maximum absolute atomic E-state index is 11.7. The summed E-state index contributed by atoms with van der Waals surface area (Å²) in [6.07, 6.45) is 1.90. The lowest BCUT2D eigenvalue weighted by atomic mass is 9.79. The highest BCUT2D eigenvalue weighted by molar-refractivity contribution is 5.89. The monoisotopic (exact) mass is 262 g/mol. The van der Waals surface area contributed by atoms with Crippen LogP contribution < -0.4 is 16.4 Å². The number of nitrogens with two attached hydrogens (primary N) is 2. The van der Waals surface area contributed by atoms with Gasteiger partial charge in [-0.2, -0.15) is 0 Å². The van der Waals surface area contributed by atoms with Gasteiger partial charge in [0.2, 0.25) is 11.7 Å². The van der Waals surface area contributed by atoms with E-state index in [1.165, 1.54) is 0 Å². The lowest BCUT2D eigenvalue weighted by Gasteiger charge is -2.41. The van der Waals surface area contributed by atoms with Gasteiger partial charge in [-0.1, -0.05) is 0 Å². The molecule has 0 saturated carbocycles. The van der Waals surface area contributed by atoms with Gasteiger partial charge < -0.3 is 16.4 Å². The summed E-state index contributed by atoms with van der Waals surface area (Å²) in [7, 11) is 0. The van der Waals surface area contributed by atoms with Gasteiger partial charge >= 0.3 is 0 Å². The fourth-order valence-electron chi connectivity index (χ4n) is 2.94. The Kier molecular flexibility index (Phi) is 2.58. The van der Waals surface area contributed by atoms with Crippen LogP contribution in [0.2, 0.25) is 0 Å². The number of fused-ring (bicyclic) bond motifs is 4. The van der Waals surface area contributed by atoms with Crippen LogP contribution in [0, 0.1) is 5.92 Å². The minimum atomic E-state index is -0.760. The molecule has 2 bridgehead atoms. The molecule has 3 rings (SSSR count). The number of carbonyl (C=O) groups excluding carboxylic acids is 2. The van der Waals surface area contributed by atoms with E-state index < -0.39 is 17.7 Å². The Morgan fingerprint density at radius 3 is 2.74 bits per heavy atom. The number of rotatable bonds is 2. The number of anilines is 1. The van der Waals surface area contributed by atoms with E-state index in [4.69, 9.17) is 11.5 Å². The number of hydrogen-bond donors (Lipinski definition) is 2. The Balaban J connectivity index is 2.14. The second-order valence-corrected chi connectivity index (χ2v) is 4.94. The van der Waals surface area contributed by atoms with Crippen molar-refractivity contribution in [2.45, 2.75) is 18.8 Å². The first-order chi connectivity index (χ1) is 9.08. The third kappa shape index (κ3) is 1.79. The molecule has 1 saturated heterocycles. The van der Waals surface area contributed by atoms with Crippen molar-refractivity contribution < 1.29 is 9.59 Å². The van der Waals surface area contributed by atoms with Crippen LogP contribution in [-0.4, -0.2) is 40.1 Å². The molecule has 2 unspecified atom stereocenters. The van der Waals surface area contributed by atoms with E-state index in [9.17, 15) is 9.59 Å². The van der Waals surface area contributed by atoms with Crippen molar-refractivity contribution in [1.82, 2.24) is 15.2 Å². The molecular weight excluding hydrogens is 248 g/mol. The van der Waals surface area contributed by atoms with Crippen LogP contribution in [0.3, 0.4) is 0 Å². The number of aromatic nitrogens is 3. The molecule has 19 heavy (non-hydrogen) atoms. The molecule has 1 aromatic rings. The van der Waals surface area contributed by atoms with Crippen LogP contribution in [-0.2, 0) is 4.79 Å². The minimum Gasteiger partial charge on any atom is -0.369 e. The maximum Gasteiger partial charge on any atom is 0.288 e. The molecule has 0 radical (unpaired) electrons. The largest absolute Gasteiger partial charge is 0.369 e. The molecule has 100 valence electrons. The Labute approximate surface area is 109 Å². The van der Waals surface area contributed by atoms with Crippen molar-refractivity contribution in [2.24, 2.45) is 17.4 Å². The van der Waals surface area contributed by atoms with Gasteiger partial charge in [0.25, 0.3) is 5.91 Å². The molecule has 0 spiro atoms. The van der Waals surface area contributed by atoms with Crippen LogP contribution in [0.1, 0.15) is 35.1 Å². The lowest BCUT2D eigenvalue weighted by Crippen LogP contribution is -2.47. The minimum absolute atomic E-state index is 0.121. The molecule has 2 amide bonds. The number of carbonyl (C=O) groups is 2. The first kappa shape index (κ1) is 11.8. The second kappa shape index (κ2) is 4.15. The number of piperidine rings is 1. The highest BCUT2D eigenvalue weighted by Gasteiger charge is 2.41. The fourth-order valence-corrected chi connectivity index (χ4v) is 2.94. The van der Waals surface area contributed by atoms with E-state index in [2.05, 4.69) is 15.2 Å². The van der Waals surface area contributed by atoms with Crippen molar-refractivity contribution in [3.63, 3.8) is 0 Å². The predicted octanol–water partition coefficient (Wildman–Crippen LogP) is -1.23. The quantitative estimate of drug-likeness (QED) is 0.686. The lowest BCUT2D eigenvalue weighted by molar-refractivity contribution is -0.121. The molecular formula is C11H14N6O2. The average Bonchev–Trinajstić information content (AvgIpc) is 2.38. The fraction of sp³-hybridized carbons (Fsp3) is 0.545. The summed E-state index contributed by atoms with van der Waals surface area (Å²) in [6, 6.07) is 0. The highest BCUT2D eigenvalue weighted by atomic mass is 16.1. The molecule has 0 aromatic carbocycles. The van der Waals surface area contributed by atoms with Gasteiger partial charge in [-0.3, -0.25) is 9.59 Å². The van der Waals surface area contributed by atoms with Crippen molar-refractivity contribution in [2.75, 3.05) is 18.0 Å². The van der Waals surface area contributed by atoms with E-state index in [1.54, 1.807) is 0 Å². The molecule has 4 N–H and O–H groups in total. The highest BCUT2D eigenvalue weighted by Crippen LogP contribution is 2.40. The summed E-state index contributed by atoms with van der Waals surface area (Å²) in [5, 5.41) is 7.70. The number of amides is 2. The van der Waals surface area contributed by atoms with Gasteiger partial charge in [0, 0.05) is 13.1 Å². The maximum atomic E-state index is 11.7. The average molecular weight is 262 g/mol. The molecule has 2 atom stereocenters. The standard InChI is InChI=1S/C11H14N6O2/c12-8(18)6-5-2-1-3-17(4-5)11-7(6)14-10(9(13)19)15-16-11/h5-6H,1-4H2,(H2,12,18)(H2,13,19). The first-order valence-corrected chi connectivity index (χ1v) is 6.16. The molecule has 0 aliphatic carbocycles. The van der Waals surface area contributed by atoms with E-state index in [0.29, 0.717) is 11.5 Å². The summed E-state index contributed by atoms with van der Waals surface area (Å²) < 4.78 is 0. The van der Waals surface area contributed by atoms with Crippen molar-refractivity contribution in [3.05, 3.63) is 11.5 Å². The van der Waals surface area contributed by atoms with Crippen molar-refractivity contribution >= 4 is 17.6 Å². The second-order valence-electron chi connectivity index (χ2n) is 4.94. The molecule has 8 nitrogen and oxygen atoms in total. The summed E-state index contributed by atoms with van der Waals surface area (Å²) >= 11 is 0. The van der Waals surface area contributed by atoms with Gasteiger partial charge in [-0.25, -0.2) is 4.98 Å². The third-order valence-electron chi connectivity index (χ3n) is 3.75. The first-order valence-electron chi connectivity index (χ1n) is 6.16. The Hall–Kier alpha value is -2.25. The summed E-state index contributed by atoms with van der Waals surface area (Å²) in [5.41, 5.74) is 11.1. The predicted molar refractivity (Wildman–Crippen MR) is 65.2 cm³/mol. The van der Waals surface area contributed by atoms with Crippen molar-refractivity contribution in [3.8, 4) is 0 Å². The van der Waals surface area contributed by atoms with Crippen LogP contribution in [0.4, 0.5) is 5.82 Å². The van der Waals surface area contributed by atoms with Gasteiger partial charge in [-0.15, -0.1) is 10.2 Å². The summed E-state index contributed by atoms with van der Waals surface area (Å²) in [5.74, 6) is -1.22. The molecule has 3 heterocycles. The Morgan fingerprint density at radius 1 is 1.26 bits per heavy atom. The molecule has 1 aromatic heterocycles. The summed E-state index contributed by atoms with van der Waals surface area (Å²) in [4.78, 5) is 29.0. The zero-order chi connectivity index (χ0) is 13.6. The van der Waals surface area contributed by atoms with E-state index in [0.717, 1.165) is 25.9 Å². The van der Waals surface area contributed by atoms with Gasteiger partial charge in [-0.05, 0) is 18.8 Å². The van der Waals surface area contributed by atoms with Crippen molar-refractivity contribution in [1.29, 1.82) is 0 Å². The van der Waals surface area contributed by atoms with Gasteiger partial charge in [0.1, 0.15) is 5.69 Å². The van der Waals surface area contributed by atoms with E-state index in [-0.39, 0.29) is 11.7 Å². The smallest absolute Gasteiger partial charge is 0.288 e. The van der Waals surface area contributed by atoms with Crippen LogP contribution in [0.25, 0.3) is 0 Å². The topological polar surface area (TPSA) is 128 Å². The van der Waals surface area contributed by atoms with E-state index in [1.807, 2.05) is 4.90 Å². The van der Waals surface area contributed by atoms with Crippen LogP contribution in [0.5, 0.6) is 0 Å². The molecule has 1 fully saturated rings. The molecule has 2 aliphatic rings. The molecule has 8 heteroatoms. The molecule has 2 aliphatic heterocycles. The number of primary amides is 2. The Morgan fingerprint density at radius 2 is 2.05 bits per heavy atom. The third-order valence-corrected chi connectivity index (χ3v) is 3.75. The number of nitrogens with zero attached hydrogens (tertiary/aromatic N) is 4. The summed E-state index contributed by atoms with van der Waals surface area (Å²) in [6.45, 7) is 1.58. The zero-order valence-electron chi connectivity index (χ0n) is 10.2. The van der Waals surface area contributed by atoms with E-state index >= 15 is 0 Å². The number of hydrogen-bond acceptors (Lipinski definition) is 6. The van der Waals surface area contributed by atoms with Crippen LogP contribution in [0.15, 0.2) is 0 Å². The van der Waals surface area contributed by atoms with Crippen LogP contribution >= 0.6 is 0 Å². The SMILES string of the molecule is NC(=O)c1nnc2c(n1)C(C(N)=O)C1CCCN2C1. The zero-order valence-corrected chi connectivity index (χ0v) is 10.2. The van der Waals surface area contributed by atoms with Gasteiger partial charge in [0.05, 0.1) is 5.92 Å². The Bertz CT molecular complexity index is 560. The normalized spacial score (nSPS) is 24.7.